The van der Waals surface area contributed by atoms with E-state index in [4.69, 9.17) is 15.2 Å². The van der Waals surface area contributed by atoms with Crippen molar-refractivity contribution in [2.24, 2.45) is 0 Å². The van der Waals surface area contributed by atoms with Gasteiger partial charge in [-0.3, -0.25) is 0 Å². The summed E-state index contributed by atoms with van der Waals surface area (Å²) >= 11 is 0. The molecule has 0 aromatic heterocycles. The Hall–Kier alpha value is -1.25. The molecule has 0 radical (unpaired) electrons. The average molecular weight is 226 g/mol. The smallest absolute Gasteiger partial charge is 0.707 e. The maximum Gasteiger partial charge on any atom is 0.707 e. The van der Waals surface area contributed by atoms with Crippen LogP contribution in [0, 0.1) is 0 Å². The van der Waals surface area contributed by atoms with Crippen LogP contribution in [-0.4, -0.2) is 29.8 Å². The zero-order chi connectivity index (χ0) is 12.1. The van der Waals surface area contributed by atoms with E-state index < -0.39 is 21.2 Å². The summed E-state index contributed by atoms with van der Waals surface area (Å²) in [5, 5.41) is 46.8. The molecule has 0 aliphatic carbocycles. The van der Waals surface area contributed by atoms with Crippen LogP contribution in [0.5, 0.6) is 11.5 Å². The molecule has 16 heavy (non-hydrogen) atoms. The maximum atomic E-state index is 10.3. The number of hydrogen-bond acceptors (Lipinski definition) is 7. The second-order valence-electron chi connectivity index (χ2n) is 2.75. The Morgan fingerprint density at radius 3 is 2.38 bits per heavy atom. The molecule has 1 aromatic rings. The van der Waals surface area contributed by atoms with Gasteiger partial charge in [0.05, 0.1) is 6.61 Å². The summed E-state index contributed by atoms with van der Waals surface area (Å²) in [5.74, 6) is -0.508. The van der Waals surface area contributed by atoms with E-state index in [2.05, 4.69) is 9.31 Å². The normalized spacial score (nSPS) is 9.81. The number of benzene rings is 1. The molecule has 0 aliphatic rings. The van der Waals surface area contributed by atoms with Gasteiger partial charge in [0, 0.05) is 5.56 Å². The van der Waals surface area contributed by atoms with Crippen LogP contribution in [0.4, 0.5) is 0 Å². The van der Waals surface area contributed by atoms with E-state index in [-0.39, 0.29) is 17.1 Å². The van der Waals surface area contributed by atoms with Gasteiger partial charge in [0.25, 0.3) is 0 Å². The Labute approximate surface area is 91.8 Å². The largest absolute Gasteiger partial charge is 0.860 e. The molecule has 0 atom stereocenters. The van der Waals surface area contributed by atoms with Crippen molar-refractivity contribution in [3.63, 3.8) is 0 Å². The standard InChI is InChI=1S/C7H8B2O7/c10-4-5-2-1-3-6(15-8(11)12)7(5)16-9(13)14/h1-3,10,13-14H,4H2/q-2. The van der Waals surface area contributed by atoms with E-state index >= 15 is 0 Å². The Bertz CT molecular complexity index is 344. The first-order chi connectivity index (χ1) is 7.54. The average Bonchev–Trinajstić information content (AvgIpc) is 2.19. The van der Waals surface area contributed by atoms with Crippen molar-refractivity contribution in [3.8, 4) is 11.5 Å². The van der Waals surface area contributed by atoms with Gasteiger partial charge in [-0.2, -0.15) is 0 Å². The molecule has 86 valence electrons. The van der Waals surface area contributed by atoms with Crippen LogP contribution in [0.3, 0.4) is 0 Å². The molecule has 7 nitrogen and oxygen atoms in total. The first kappa shape index (κ1) is 12.8. The molecular weight excluding hydrogens is 218 g/mol. The van der Waals surface area contributed by atoms with Gasteiger partial charge >= 0.3 is 7.32 Å². The second kappa shape index (κ2) is 5.73. The van der Waals surface area contributed by atoms with Gasteiger partial charge in [0.2, 0.25) is 0 Å². The van der Waals surface area contributed by atoms with Gasteiger partial charge in [0.15, 0.2) is 0 Å². The Morgan fingerprint density at radius 2 is 1.88 bits per heavy atom. The monoisotopic (exact) mass is 226 g/mol. The van der Waals surface area contributed by atoms with Gasteiger partial charge in [-0.15, -0.1) is 0 Å². The Kier molecular flexibility index (Phi) is 4.59. The van der Waals surface area contributed by atoms with Crippen LogP contribution in [-0.2, 0) is 6.61 Å². The lowest BCUT2D eigenvalue weighted by Gasteiger charge is -2.28. The highest BCUT2D eigenvalue weighted by atomic mass is 16.6. The number of aliphatic hydroxyl groups excluding tert-OH is 1. The third-order valence-electron chi connectivity index (χ3n) is 1.68. The third kappa shape index (κ3) is 3.40. The first-order valence-corrected chi connectivity index (χ1v) is 4.28. The number of aliphatic hydroxyl groups is 1. The number of rotatable bonds is 5. The number of hydrogen-bond donors (Lipinski definition) is 3. The summed E-state index contributed by atoms with van der Waals surface area (Å²) in [6.45, 7) is -0.471. The van der Waals surface area contributed by atoms with Crippen molar-refractivity contribution < 1.29 is 34.5 Å². The van der Waals surface area contributed by atoms with E-state index in [1.807, 2.05) is 0 Å². The van der Waals surface area contributed by atoms with Crippen LogP contribution >= 0.6 is 0 Å². The minimum absolute atomic E-state index is 0.159. The van der Waals surface area contributed by atoms with Crippen LogP contribution in [0.15, 0.2) is 18.2 Å². The molecule has 9 heteroatoms. The van der Waals surface area contributed by atoms with Crippen molar-refractivity contribution in [3.05, 3.63) is 23.8 Å². The third-order valence-corrected chi connectivity index (χ3v) is 1.68. The predicted octanol–water partition coefficient (Wildman–Crippen LogP) is -3.39. The van der Waals surface area contributed by atoms with Crippen LogP contribution in [0.25, 0.3) is 0 Å². The lowest BCUT2D eigenvalue weighted by molar-refractivity contribution is -0.372. The summed E-state index contributed by atoms with van der Waals surface area (Å²) in [5.41, 5.74) is 0.159. The molecule has 3 N–H and O–H groups in total. The predicted molar refractivity (Wildman–Crippen MR) is 49.6 cm³/mol. The summed E-state index contributed by atoms with van der Waals surface area (Å²) in [6, 6.07) is 4.06. The highest BCUT2D eigenvalue weighted by molar-refractivity contribution is 6.34. The molecule has 0 aliphatic heterocycles. The maximum absolute atomic E-state index is 10.3. The van der Waals surface area contributed by atoms with E-state index in [0.29, 0.717) is 0 Å². The Balaban J connectivity index is 3.04. The molecule has 0 saturated heterocycles. The van der Waals surface area contributed by atoms with E-state index in [0.717, 1.165) is 0 Å². The summed E-state index contributed by atoms with van der Waals surface area (Å²) in [4.78, 5) is 0. The lowest BCUT2D eigenvalue weighted by atomic mass is 10.1. The molecular formula is C7H8B2O7-2. The zero-order valence-corrected chi connectivity index (χ0v) is 8.07. The second-order valence-corrected chi connectivity index (χ2v) is 2.75. The molecule has 0 unspecified atom stereocenters. The minimum Gasteiger partial charge on any atom is -0.860 e. The van der Waals surface area contributed by atoms with Crippen molar-refractivity contribution in [1.82, 2.24) is 0 Å². The molecule has 0 heterocycles. The van der Waals surface area contributed by atoms with Crippen LogP contribution in [0.2, 0.25) is 0 Å². The van der Waals surface area contributed by atoms with Crippen LogP contribution < -0.4 is 19.4 Å². The summed E-state index contributed by atoms with van der Waals surface area (Å²) in [7, 11) is -4.72. The van der Waals surface area contributed by atoms with Gasteiger partial charge in [-0.05, 0) is 6.07 Å². The first-order valence-electron chi connectivity index (χ1n) is 4.28. The van der Waals surface area contributed by atoms with Gasteiger partial charge in [-0.25, -0.2) is 0 Å². The minimum atomic E-state index is -2.58. The molecule has 1 aromatic carbocycles. The van der Waals surface area contributed by atoms with Crippen molar-refractivity contribution >= 4 is 14.6 Å². The van der Waals surface area contributed by atoms with E-state index in [1.54, 1.807) is 0 Å². The Morgan fingerprint density at radius 1 is 1.19 bits per heavy atom. The van der Waals surface area contributed by atoms with E-state index in [9.17, 15) is 10.0 Å². The van der Waals surface area contributed by atoms with Crippen LogP contribution in [0.1, 0.15) is 5.56 Å². The van der Waals surface area contributed by atoms with Gasteiger partial charge in [0.1, 0.15) is 18.8 Å². The zero-order valence-electron chi connectivity index (χ0n) is 8.07. The van der Waals surface area contributed by atoms with Crippen molar-refractivity contribution in [2.45, 2.75) is 6.61 Å². The summed E-state index contributed by atoms with van der Waals surface area (Å²) in [6.07, 6.45) is 0. The summed E-state index contributed by atoms with van der Waals surface area (Å²) < 4.78 is 8.84. The fourth-order valence-corrected chi connectivity index (χ4v) is 1.12. The van der Waals surface area contributed by atoms with Crippen molar-refractivity contribution in [1.29, 1.82) is 0 Å². The topological polar surface area (TPSA) is 125 Å². The molecule has 0 saturated carbocycles. The SMILES string of the molecule is [O-]B([O-])Oc1cccc(CO)c1OB(O)O. The number of para-hydroxylation sites is 1. The highest BCUT2D eigenvalue weighted by Crippen LogP contribution is 2.31. The molecule has 0 fully saturated rings. The van der Waals surface area contributed by atoms with Gasteiger partial charge < -0.3 is 34.5 Å². The molecule has 0 amide bonds. The lowest BCUT2D eigenvalue weighted by Crippen LogP contribution is -2.50. The van der Waals surface area contributed by atoms with Gasteiger partial charge in [-0.1, -0.05) is 12.1 Å². The molecule has 0 bridgehead atoms. The quantitative estimate of drug-likeness (QED) is 0.446. The highest BCUT2D eigenvalue weighted by Gasteiger charge is 2.17. The van der Waals surface area contributed by atoms with E-state index in [1.165, 1.54) is 18.2 Å². The fraction of sp³-hybridized carbons (Fsp3) is 0.143. The molecule has 1 rings (SSSR count). The fourth-order valence-electron chi connectivity index (χ4n) is 1.12. The molecule has 0 spiro atoms. The van der Waals surface area contributed by atoms with Crippen molar-refractivity contribution in [2.75, 3.05) is 0 Å².